The summed E-state index contributed by atoms with van der Waals surface area (Å²) in [7, 11) is 1.37. The van der Waals surface area contributed by atoms with E-state index in [-0.39, 0.29) is 6.03 Å². The maximum absolute atomic E-state index is 12.5. The Labute approximate surface area is 148 Å². The van der Waals surface area contributed by atoms with Crippen molar-refractivity contribution in [3.8, 4) is 0 Å². The number of likely N-dealkylation sites (tertiary alicyclic amines) is 1. The van der Waals surface area contributed by atoms with Crippen molar-refractivity contribution in [2.45, 2.75) is 32.2 Å². The molecule has 1 aromatic carbocycles. The molecule has 6 nitrogen and oxygen atoms in total. The predicted molar refractivity (Wildman–Crippen MR) is 94.9 cm³/mol. The van der Waals surface area contributed by atoms with Crippen LogP contribution in [-0.4, -0.2) is 43.6 Å². The first-order chi connectivity index (χ1) is 12.1. The number of amides is 2. The van der Waals surface area contributed by atoms with Crippen LogP contribution in [0.5, 0.6) is 0 Å². The van der Waals surface area contributed by atoms with Crippen LogP contribution in [0, 0.1) is 6.92 Å². The van der Waals surface area contributed by atoms with Crippen LogP contribution in [0.15, 0.2) is 35.5 Å². The molecule has 1 saturated heterocycles. The van der Waals surface area contributed by atoms with Crippen molar-refractivity contribution in [2.24, 2.45) is 0 Å². The van der Waals surface area contributed by atoms with Gasteiger partial charge in [-0.05, 0) is 44.0 Å². The molecule has 2 amide bonds. The van der Waals surface area contributed by atoms with Crippen LogP contribution in [0.25, 0.3) is 0 Å². The number of piperidine rings is 1. The molecule has 0 radical (unpaired) electrons. The van der Waals surface area contributed by atoms with E-state index in [2.05, 4.69) is 15.5 Å². The Hall–Kier alpha value is -2.34. The first-order valence-electron chi connectivity index (χ1n) is 8.77. The van der Waals surface area contributed by atoms with Crippen LogP contribution < -0.4 is 10.6 Å². The SMILES string of the molecule is COC(=O)C1=C(CN2CCCCC2)NC(=O)N[C@H]1c1ccccc1C. The zero-order valence-corrected chi connectivity index (χ0v) is 14.8. The molecule has 2 aliphatic rings. The maximum Gasteiger partial charge on any atom is 0.338 e. The smallest absolute Gasteiger partial charge is 0.338 e. The number of nitrogens with one attached hydrogen (secondary N) is 2. The minimum atomic E-state index is -0.498. The fraction of sp³-hybridized carbons (Fsp3) is 0.474. The standard InChI is InChI=1S/C19H25N3O3/c1-13-8-4-5-9-14(13)17-16(18(23)25-2)15(20-19(24)21-17)12-22-10-6-3-7-11-22/h4-5,8-9,17H,3,6-7,10-12H2,1-2H3,(H2,20,21,24)/t17-/m0/s1. The third kappa shape index (κ3) is 3.85. The van der Waals surface area contributed by atoms with Gasteiger partial charge < -0.3 is 15.4 Å². The molecular weight excluding hydrogens is 318 g/mol. The van der Waals surface area contributed by atoms with Gasteiger partial charge in [0, 0.05) is 12.2 Å². The van der Waals surface area contributed by atoms with Crippen molar-refractivity contribution >= 4 is 12.0 Å². The lowest BCUT2D eigenvalue weighted by atomic mass is 9.92. The van der Waals surface area contributed by atoms with Crippen LogP contribution in [-0.2, 0) is 9.53 Å². The van der Waals surface area contributed by atoms with E-state index in [1.165, 1.54) is 13.5 Å². The Morgan fingerprint density at radius 2 is 1.96 bits per heavy atom. The zero-order valence-electron chi connectivity index (χ0n) is 14.8. The summed E-state index contributed by atoms with van der Waals surface area (Å²) >= 11 is 0. The predicted octanol–water partition coefficient (Wildman–Crippen LogP) is 2.26. The largest absolute Gasteiger partial charge is 0.466 e. The lowest BCUT2D eigenvalue weighted by Gasteiger charge is -2.33. The Morgan fingerprint density at radius 1 is 1.24 bits per heavy atom. The van der Waals surface area contributed by atoms with E-state index < -0.39 is 12.0 Å². The van der Waals surface area contributed by atoms with E-state index in [4.69, 9.17) is 4.74 Å². The number of methoxy groups -OCH3 is 1. The number of carbonyl (C=O) groups excluding carboxylic acids is 2. The third-order valence-corrected chi connectivity index (χ3v) is 4.89. The summed E-state index contributed by atoms with van der Waals surface area (Å²) in [5.41, 5.74) is 3.06. The van der Waals surface area contributed by atoms with Crippen LogP contribution in [0.4, 0.5) is 4.79 Å². The molecule has 1 aromatic rings. The highest BCUT2D eigenvalue weighted by Gasteiger charge is 2.34. The monoisotopic (exact) mass is 343 g/mol. The van der Waals surface area contributed by atoms with Gasteiger partial charge in [-0.3, -0.25) is 4.90 Å². The van der Waals surface area contributed by atoms with Gasteiger partial charge in [0.1, 0.15) is 0 Å². The average molecular weight is 343 g/mol. The molecule has 0 aliphatic carbocycles. The fourth-order valence-electron chi connectivity index (χ4n) is 3.58. The van der Waals surface area contributed by atoms with Crippen LogP contribution >= 0.6 is 0 Å². The molecule has 134 valence electrons. The molecule has 6 heteroatoms. The van der Waals surface area contributed by atoms with E-state index in [1.54, 1.807) is 0 Å². The van der Waals surface area contributed by atoms with Crippen LogP contribution in [0.3, 0.4) is 0 Å². The van der Waals surface area contributed by atoms with Gasteiger partial charge in [0.05, 0.1) is 18.7 Å². The van der Waals surface area contributed by atoms with Crippen LogP contribution in [0.2, 0.25) is 0 Å². The second-order valence-electron chi connectivity index (χ2n) is 6.61. The maximum atomic E-state index is 12.5. The Bertz CT molecular complexity index is 693. The first kappa shape index (κ1) is 17.5. The summed E-state index contributed by atoms with van der Waals surface area (Å²) in [5, 5.41) is 5.71. The number of carbonyl (C=O) groups is 2. The highest BCUT2D eigenvalue weighted by molar-refractivity contribution is 5.95. The molecule has 2 aliphatic heterocycles. The normalized spacial score (nSPS) is 21.5. The molecular formula is C19H25N3O3. The van der Waals surface area contributed by atoms with Gasteiger partial charge in [-0.25, -0.2) is 9.59 Å². The second kappa shape index (κ2) is 7.70. The Morgan fingerprint density at radius 3 is 2.64 bits per heavy atom. The summed E-state index contributed by atoms with van der Waals surface area (Å²) in [6.07, 6.45) is 3.53. The van der Waals surface area contributed by atoms with Gasteiger partial charge in [0.25, 0.3) is 0 Å². The van der Waals surface area contributed by atoms with E-state index in [1.807, 2.05) is 31.2 Å². The molecule has 25 heavy (non-hydrogen) atoms. The van der Waals surface area contributed by atoms with Crippen molar-refractivity contribution in [1.82, 2.24) is 15.5 Å². The molecule has 0 bridgehead atoms. The number of nitrogens with zero attached hydrogens (tertiary/aromatic N) is 1. The summed E-state index contributed by atoms with van der Waals surface area (Å²) in [5.74, 6) is -0.409. The molecule has 0 spiro atoms. The number of urea groups is 1. The molecule has 1 fully saturated rings. The first-order valence-corrected chi connectivity index (χ1v) is 8.77. The van der Waals surface area contributed by atoms with E-state index >= 15 is 0 Å². The lowest BCUT2D eigenvalue weighted by Crippen LogP contribution is -2.49. The van der Waals surface area contributed by atoms with Gasteiger partial charge in [-0.1, -0.05) is 30.7 Å². The molecule has 1 atom stereocenters. The number of hydrogen-bond acceptors (Lipinski definition) is 4. The minimum Gasteiger partial charge on any atom is -0.466 e. The van der Waals surface area contributed by atoms with E-state index in [0.717, 1.165) is 37.1 Å². The zero-order chi connectivity index (χ0) is 17.8. The summed E-state index contributed by atoms with van der Waals surface area (Å²) in [6, 6.07) is 6.98. The highest BCUT2D eigenvalue weighted by Crippen LogP contribution is 2.30. The van der Waals surface area contributed by atoms with Gasteiger partial charge in [0.2, 0.25) is 0 Å². The van der Waals surface area contributed by atoms with Crippen LogP contribution in [0.1, 0.15) is 36.4 Å². The highest BCUT2D eigenvalue weighted by atomic mass is 16.5. The number of ether oxygens (including phenoxy) is 1. The molecule has 2 heterocycles. The third-order valence-electron chi connectivity index (χ3n) is 4.89. The molecule has 0 aromatic heterocycles. The topological polar surface area (TPSA) is 70.7 Å². The van der Waals surface area contributed by atoms with Gasteiger partial charge >= 0.3 is 12.0 Å². The van der Waals surface area contributed by atoms with Crippen molar-refractivity contribution in [3.05, 3.63) is 46.7 Å². The van der Waals surface area contributed by atoms with Gasteiger partial charge in [-0.15, -0.1) is 0 Å². The van der Waals surface area contributed by atoms with Crippen molar-refractivity contribution < 1.29 is 14.3 Å². The number of aryl methyl sites for hydroxylation is 1. The molecule has 2 N–H and O–H groups in total. The van der Waals surface area contributed by atoms with Crippen molar-refractivity contribution in [3.63, 3.8) is 0 Å². The quantitative estimate of drug-likeness (QED) is 0.823. The summed E-state index contributed by atoms with van der Waals surface area (Å²) in [4.78, 5) is 27.1. The van der Waals surface area contributed by atoms with Crippen molar-refractivity contribution in [2.75, 3.05) is 26.7 Å². The second-order valence-corrected chi connectivity index (χ2v) is 6.61. The summed E-state index contributed by atoms with van der Waals surface area (Å²) < 4.78 is 5.03. The lowest BCUT2D eigenvalue weighted by molar-refractivity contribution is -0.136. The number of esters is 1. The Balaban J connectivity index is 2.00. The molecule has 0 unspecified atom stereocenters. The average Bonchev–Trinajstić information content (AvgIpc) is 2.62. The summed E-state index contributed by atoms with van der Waals surface area (Å²) in [6.45, 7) is 4.50. The molecule has 0 saturated carbocycles. The number of benzene rings is 1. The Kier molecular flexibility index (Phi) is 5.38. The van der Waals surface area contributed by atoms with Gasteiger partial charge in [-0.2, -0.15) is 0 Å². The number of rotatable bonds is 4. The van der Waals surface area contributed by atoms with E-state index in [0.29, 0.717) is 17.8 Å². The minimum absolute atomic E-state index is 0.284. The van der Waals surface area contributed by atoms with Gasteiger partial charge in [0.15, 0.2) is 0 Å². The van der Waals surface area contributed by atoms with E-state index in [9.17, 15) is 9.59 Å². The fourth-order valence-corrected chi connectivity index (χ4v) is 3.58. The van der Waals surface area contributed by atoms with Crippen molar-refractivity contribution in [1.29, 1.82) is 0 Å². The number of hydrogen-bond donors (Lipinski definition) is 2. The molecule has 3 rings (SSSR count).